The predicted octanol–water partition coefficient (Wildman–Crippen LogP) is 0.256. The standard InChI is InChI=1S/C53H77N5O28/c1-31(59)77-29-42-44(79-33(3)61)46(81-35(5)63)48(83-37(7)65)52(85-42)75-23-21-73-19-17-71-15-13-69-11-9-55-50(67)40-25-39(28-57-58-54)26-41(27-40)51(68)56-10-12-70-14-16-72-18-20-74-22-24-76-53-49(84-38(8)66)47(82-36(6)64)45(80-34(4)62)43(86-53)30-78-32(2)60/h25-27,42-49,52-53H,9-24,28-30H2,1-8H3,(H,55,67)(H,56,68)/t42-,43-,44-,45-,46+,47+,48+,49+,52+,53+/m1/s1. The average molecular weight is 1230 g/mol. The summed E-state index contributed by atoms with van der Waals surface area (Å²) in [4.78, 5) is 124. The summed E-state index contributed by atoms with van der Waals surface area (Å²) < 4.78 is 98.9. The molecule has 2 N–H and O–H groups in total. The van der Waals surface area contributed by atoms with Crippen LogP contribution in [0.5, 0.6) is 0 Å². The van der Waals surface area contributed by atoms with Crippen LogP contribution >= 0.6 is 0 Å². The normalized spacial score (nSPS) is 21.5. The van der Waals surface area contributed by atoms with Crippen LogP contribution in [0.4, 0.5) is 0 Å². The van der Waals surface area contributed by atoms with Crippen molar-refractivity contribution in [2.45, 2.75) is 123 Å². The van der Waals surface area contributed by atoms with Gasteiger partial charge in [0.05, 0.1) is 99.0 Å². The molecule has 10 atom stereocenters. The highest BCUT2D eigenvalue weighted by Gasteiger charge is 2.54. The van der Waals surface area contributed by atoms with E-state index in [9.17, 15) is 47.9 Å². The van der Waals surface area contributed by atoms with E-state index in [1.54, 1.807) is 0 Å². The molecule has 0 aliphatic carbocycles. The molecule has 0 spiro atoms. The van der Waals surface area contributed by atoms with E-state index in [4.69, 9.17) is 90.8 Å². The minimum Gasteiger partial charge on any atom is -0.463 e. The zero-order valence-corrected chi connectivity index (χ0v) is 49.2. The van der Waals surface area contributed by atoms with E-state index >= 15 is 0 Å². The number of rotatable bonds is 40. The Balaban J connectivity index is 1.32. The lowest BCUT2D eigenvalue weighted by atomic mass is 9.98. The maximum absolute atomic E-state index is 13.1. The maximum Gasteiger partial charge on any atom is 0.303 e. The number of carbonyl (C=O) groups excluding carboxylic acids is 10. The van der Waals surface area contributed by atoms with Gasteiger partial charge in [0.1, 0.15) is 25.4 Å². The van der Waals surface area contributed by atoms with Crippen molar-refractivity contribution in [2.24, 2.45) is 5.11 Å². The first kappa shape index (κ1) is 73.1. The summed E-state index contributed by atoms with van der Waals surface area (Å²) in [5.74, 6) is -6.97. The molecule has 0 unspecified atom stereocenters. The first-order valence-corrected chi connectivity index (χ1v) is 27.1. The van der Waals surface area contributed by atoms with E-state index < -0.39 is 134 Å². The zero-order valence-electron chi connectivity index (χ0n) is 49.2. The quantitative estimate of drug-likeness (QED) is 0.0222. The van der Waals surface area contributed by atoms with Crippen LogP contribution in [0.15, 0.2) is 23.3 Å². The van der Waals surface area contributed by atoms with Crippen LogP contribution in [0.2, 0.25) is 0 Å². The lowest BCUT2D eigenvalue weighted by molar-refractivity contribution is -0.309. The van der Waals surface area contributed by atoms with Gasteiger partial charge in [-0.3, -0.25) is 47.9 Å². The Kier molecular flexibility index (Phi) is 34.9. The number of esters is 8. The number of ether oxygens (including phenoxy) is 18. The van der Waals surface area contributed by atoms with Crippen molar-refractivity contribution >= 4 is 59.6 Å². The third kappa shape index (κ3) is 29.3. The molecular formula is C53H77N5O28. The lowest BCUT2D eigenvalue weighted by Crippen LogP contribution is -2.63. The Hall–Kier alpha value is -7.17. The van der Waals surface area contributed by atoms with Gasteiger partial charge in [-0.2, -0.15) is 0 Å². The molecule has 33 heteroatoms. The molecule has 2 saturated heterocycles. The molecule has 2 aliphatic rings. The second-order valence-corrected chi connectivity index (χ2v) is 18.4. The number of hydrogen-bond acceptors (Lipinski definition) is 29. The van der Waals surface area contributed by atoms with Crippen LogP contribution in [0.1, 0.15) is 81.7 Å². The van der Waals surface area contributed by atoms with Gasteiger partial charge in [-0.15, -0.1) is 0 Å². The maximum atomic E-state index is 13.1. The molecule has 0 saturated carbocycles. The van der Waals surface area contributed by atoms with Crippen molar-refractivity contribution in [3.05, 3.63) is 45.3 Å². The molecule has 0 bridgehead atoms. The molecule has 86 heavy (non-hydrogen) atoms. The molecule has 0 radical (unpaired) electrons. The van der Waals surface area contributed by atoms with E-state index in [1.165, 1.54) is 18.2 Å². The number of hydrogen-bond donors (Lipinski definition) is 2. The highest BCUT2D eigenvalue weighted by Crippen LogP contribution is 2.31. The molecule has 1 aromatic carbocycles. The Labute approximate surface area is 494 Å². The largest absolute Gasteiger partial charge is 0.463 e. The van der Waals surface area contributed by atoms with Crippen molar-refractivity contribution in [3.63, 3.8) is 0 Å². The molecule has 0 aromatic heterocycles. The minimum absolute atomic E-state index is 0.0200. The summed E-state index contributed by atoms with van der Waals surface area (Å²) in [5, 5.41) is 8.98. The summed E-state index contributed by atoms with van der Waals surface area (Å²) in [6, 6.07) is 4.38. The predicted molar refractivity (Wildman–Crippen MR) is 285 cm³/mol. The summed E-state index contributed by atoms with van der Waals surface area (Å²) in [7, 11) is 0. The molecular weight excluding hydrogens is 1150 g/mol. The minimum atomic E-state index is -1.37. The third-order valence-electron chi connectivity index (χ3n) is 11.3. The Bertz CT molecular complexity index is 2260. The van der Waals surface area contributed by atoms with E-state index in [2.05, 4.69) is 20.7 Å². The van der Waals surface area contributed by atoms with Crippen molar-refractivity contribution in [1.29, 1.82) is 0 Å². The van der Waals surface area contributed by atoms with Crippen molar-refractivity contribution in [2.75, 3.05) is 119 Å². The van der Waals surface area contributed by atoms with Crippen molar-refractivity contribution < 1.29 is 133 Å². The monoisotopic (exact) mass is 1230 g/mol. The number of nitrogens with zero attached hydrogens (tertiary/aromatic N) is 3. The van der Waals surface area contributed by atoms with Gasteiger partial charge in [0.2, 0.25) is 0 Å². The molecule has 482 valence electrons. The van der Waals surface area contributed by atoms with E-state index in [-0.39, 0.29) is 123 Å². The van der Waals surface area contributed by atoms with E-state index in [0.717, 1.165) is 55.4 Å². The topological polar surface area (TPSA) is 410 Å². The number of amides is 2. The van der Waals surface area contributed by atoms with Gasteiger partial charge in [-0.25, -0.2) is 0 Å². The molecule has 2 fully saturated rings. The fourth-order valence-corrected chi connectivity index (χ4v) is 8.01. The molecule has 2 aliphatic heterocycles. The van der Waals surface area contributed by atoms with Gasteiger partial charge in [0.15, 0.2) is 49.2 Å². The van der Waals surface area contributed by atoms with E-state index in [1.807, 2.05) is 0 Å². The number of azide groups is 1. The number of carbonyl (C=O) groups is 10. The summed E-state index contributed by atoms with van der Waals surface area (Å²) >= 11 is 0. The van der Waals surface area contributed by atoms with Crippen LogP contribution < -0.4 is 10.6 Å². The van der Waals surface area contributed by atoms with Crippen molar-refractivity contribution in [1.82, 2.24) is 10.6 Å². The lowest BCUT2D eigenvalue weighted by Gasteiger charge is -2.44. The van der Waals surface area contributed by atoms with Gasteiger partial charge in [-0.1, -0.05) is 5.11 Å². The van der Waals surface area contributed by atoms with Crippen LogP contribution in [0.25, 0.3) is 10.4 Å². The first-order chi connectivity index (χ1) is 41.1. The van der Waals surface area contributed by atoms with Crippen LogP contribution in [-0.2, 0) is 130 Å². The van der Waals surface area contributed by atoms with E-state index in [0.29, 0.717) is 5.56 Å². The van der Waals surface area contributed by atoms with Crippen LogP contribution in [-0.4, -0.2) is 240 Å². The SMILES string of the molecule is CC(=O)OC[C@H]1O[C@H](OCCOCCOCCOCCNC(=O)c2cc(CN=[N+]=[N-])cc(C(=O)NCCOCCOCCOCCO[C@H]3O[C@H](COC(C)=O)[C@@H](OC(C)=O)[C@H](OC(C)=O)[C@@H]3OC(C)=O)c2)[C@@H](OC(C)=O)[C@@H](OC(C)=O)[C@@H]1OC(C)=O. The second kappa shape index (κ2) is 41.0. The Morgan fingerprint density at radius 2 is 0.721 bits per heavy atom. The number of nitrogens with one attached hydrogen (secondary N) is 2. The summed E-state index contributed by atoms with van der Waals surface area (Å²) in [6.07, 6.45) is -13.1. The highest BCUT2D eigenvalue weighted by atomic mass is 16.8. The average Bonchev–Trinajstić information content (AvgIpc) is 1.08. The van der Waals surface area contributed by atoms with Crippen LogP contribution in [0, 0.1) is 0 Å². The molecule has 1 aromatic rings. The van der Waals surface area contributed by atoms with Gasteiger partial charge in [0.25, 0.3) is 11.8 Å². The molecule has 2 heterocycles. The summed E-state index contributed by atoms with van der Waals surface area (Å²) in [5.41, 5.74) is 9.57. The highest BCUT2D eigenvalue weighted by molar-refractivity contribution is 6.00. The van der Waals surface area contributed by atoms with Gasteiger partial charge in [-0.05, 0) is 29.3 Å². The second-order valence-electron chi connectivity index (χ2n) is 18.4. The fourth-order valence-electron chi connectivity index (χ4n) is 8.01. The Morgan fingerprint density at radius 1 is 0.419 bits per heavy atom. The zero-order chi connectivity index (χ0) is 63.4. The number of benzene rings is 1. The first-order valence-electron chi connectivity index (χ1n) is 27.1. The van der Waals surface area contributed by atoms with Crippen molar-refractivity contribution in [3.8, 4) is 0 Å². The Morgan fingerprint density at radius 3 is 1.03 bits per heavy atom. The molecule has 33 nitrogen and oxygen atoms in total. The molecule has 2 amide bonds. The third-order valence-corrected chi connectivity index (χ3v) is 11.3. The fraction of sp³-hybridized carbons (Fsp3) is 0.698. The summed E-state index contributed by atoms with van der Waals surface area (Å²) in [6.45, 7) is 9.71. The smallest absolute Gasteiger partial charge is 0.303 e. The van der Waals surface area contributed by atoms with Gasteiger partial charge in [0, 0.05) is 84.5 Å². The van der Waals surface area contributed by atoms with Gasteiger partial charge >= 0.3 is 47.8 Å². The van der Waals surface area contributed by atoms with Crippen LogP contribution in [0.3, 0.4) is 0 Å². The molecule has 3 rings (SSSR count). The van der Waals surface area contributed by atoms with Gasteiger partial charge < -0.3 is 95.9 Å².